The molecule has 23 heavy (non-hydrogen) atoms. The molecule has 0 saturated carbocycles. The molecule has 0 atom stereocenters. The first-order valence-corrected chi connectivity index (χ1v) is 7.56. The number of hydrogen-bond acceptors (Lipinski definition) is 4. The van der Waals surface area contributed by atoms with E-state index in [1.807, 2.05) is 51.1 Å². The summed E-state index contributed by atoms with van der Waals surface area (Å²) in [7, 11) is 0. The number of fused-ring (bicyclic) bond motifs is 1. The van der Waals surface area contributed by atoms with Crippen molar-refractivity contribution in [3.8, 4) is 11.5 Å². The van der Waals surface area contributed by atoms with Gasteiger partial charge in [-0.2, -0.15) is 0 Å². The van der Waals surface area contributed by atoms with Gasteiger partial charge in [0.15, 0.2) is 11.5 Å². The highest BCUT2D eigenvalue weighted by atomic mass is 16.7. The van der Waals surface area contributed by atoms with Crippen LogP contribution in [0.5, 0.6) is 11.5 Å². The fourth-order valence-corrected chi connectivity index (χ4v) is 2.41. The van der Waals surface area contributed by atoms with Gasteiger partial charge in [-0.25, -0.2) is 0 Å². The zero-order valence-corrected chi connectivity index (χ0v) is 13.6. The van der Waals surface area contributed by atoms with Crippen molar-refractivity contribution in [1.82, 2.24) is 4.98 Å². The fraction of sp³-hybridized carbons (Fsp3) is 0.333. The van der Waals surface area contributed by atoms with E-state index >= 15 is 0 Å². The quantitative estimate of drug-likeness (QED) is 0.872. The van der Waals surface area contributed by atoms with Crippen LogP contribution in [0.2, 0.25) is 0 Å². The maximum atomic E-state index is 12.9. The van der Waals surface area contributed by atoms with Gasteiger partial charge in [-0.3, -0.25) is 9.78 Å². The van der Waals surface area contributed by atoms with Crippen molar-refractivity contribution in [3.63, 3.8) is 0 Å². The molecule has 0 unspecified atom stereocenters. The fourth-order valence-electron chi connectivity index (χ4n) is 2.41. The number of amides is 1. The Hall–Kier alpha value is -2.56. The van der Waals surface area contributed by atoms with E-state index in [1.54, 1.807) is 17.3 Å². The molecule has 0 radical (unpaired) electrons. The van der Waals surface area contributed by atoms with Crippen LogP contribution in [0.4, 0.5) is 5.69 Å². The molecular weight excluding hydrogens is 292 g/mol. The first kappa shape index (κ1) is 15.3. The third kappa shape index (κ3) is 3.28. The Bertz CT molecular complexity index is 708. The van der Waals surface area contributed by atoms with Crippen LogP contribution in [0.1, 0.15) is 26.3 Å². The molecule has 0 fully saturated rings. The number of ether oxygens (including phenoxy) is 2. The highest BCUT2D eigenvalue weighted by Gasteiger charge is 2.29. The SMILES string of the molecule is CC(C)(C)C(=O)N(Cc1cccnc1)c1ccc2c(c1)OCO2. The van der Waals surface area contributed by atoms with Gasteiger partial charge < -0.3 is 14.4 Å². The minimum Gasteiger partial charge on any atom is -0.454 e. The van der Waals surface area contributed by atoms with E-state index < -0.39 is 5.41 Å². The largest absolute Gasteiger partial charge is 0.454 e. The topological polar surface area (TPSA) is 51.7 Å². The van der Waals surface area contributed by atoms with E-state index in [2.05, 4.69) is 4.98 Å². The lowest BCUT2D eigenvalue weighted by atomic mass is 9.94. The highest BCUT2D eigenvalue weighted by Crippen LogP contribution is 2.37. The molecule has 1 amide bonds. The number of anilines is 1. The Balaban J connectivity index is 1.96. The van der Waals surface area contributed by atoms with E-state index in [9.17, 15) is 4.79 Å². The summed E-state index contributed by atoms with van der Waals surface area (Å²) in [4.78, 5) is 18.8. The molecule has 2 heterocycles. The van der Waals surface area contributed by atoms with Crippen molar-refractivity contribution in [2.75, 3.05) is 11.7 Å². The number of hydrogen-bond donors (Lipinski definition) is 0. The normalized spacial score (nSPS) is 13.0. The number of aromatic nitrogens is 1. The summed E-state index contributed by atoms with van der Waals surface area (Å²) < 4.78 is 10.8. The zero-order chi connectivity index (χ0) is 16.4. The van der Waals surface area contributed by atoms with Crippen LogP contribution in [0.25, 0.3) is 0 Å². The number of carbonyl (C=O) groups excluding carboxylic acids is 1. The number of benzene rings is 1. The van der Waals surface area contributed by atoms with Crippen LogP contribution >= 0.6 is 0 Å². The lowest BCUT2D eigenvalue weighted by Crippen LogP contribution is -2.39. The van der Waals surface area contributed by atoms with Crippen LogP contribution < -0.4 is 14.4 Å². The molecule has 0 bridgehead atoms. The first-order valence-electron chi connectivity index (χ1n) is 7.56. The summed E-state index contributed by atoms with van der Waals surface area (Å²) in [5, 5.41) is 0. The summed E-state index contributed by atoms with van der Waals surface area (Å²) in [6, 6.07) is 9.40. The van der Waals surface area contributed by atoms with E-state index in [-0.39, 0.29) is 12.7 Å². The molecule has 2 aromatic rings. The Morgan fingerprint density at radius 3 is 2.70 bits per heavy atom. The van der Waals surface area contributed by atoms with Crippen molar-refractivity contribution in [3.05, 3.63) is 48.3 Å². The molecule has 0 aliphatic carbocycles. The van der Waals surface area contributed by atoms with E-state index in [0.717, 1.165) is 11.3 Å². The summed E-state index contributed by atoms with van der Waals surface area (Å²) in [6.45, 7) is 6.42. The molecule has 0 saturated heterocycles. The van der Waals surface area contributed by atoms with Crippen LogP contribution in [-0.2, 0) is 11.3 Å². The third-order valence-electron chi connectivity index (χ3n) is 3.62. The van der Waals surface area contributed by atoms with E-state index in [4.69, 9.17) is 9.47 Å². The molecule has 1 aliphatic rings. The molecule has 0 N–H and O–H groups in total. The third-order valence-corrected chi connectivity index (χ3v) is 3.62. The number of pyridine rings is 1. The Kier molecular flexibility index (Phi) is 3.94. The predicted molar refractivity (Wildman–Crippen MR) is 87.4 cm³/mol. The summed E-state index contributed by atoms with van der Waals surface area (Å²) >= 11 is 0. The van der Waals surface area contributed by atoms with Gasteiger partial charge in [0.1, 0.15) is 0 Å². The van der Waals surface area contributed by atoms with Gasteiger partial charge in [-0.15, -0.1) is 0 Å². The number of carbonyl (C=O) groups is 1. The van der Waals surface area contributed by atoms with Gasteiger partial charge in [0, 0.05) is 29.6 Å². The average Bonchev–Trinajstić information content (AvgIpc) is 2.99. The maximum absolute atomic E-state index is 12.9. The molecule has 5 nitrogen and oxygen atoms in total. The second kappa shape index (κ2) is 5.91. The van der Waals surface area contributed by atoms with Gasteiger partial charge in [-0.05, 0) is 23.8 Å². The highest BCUT2D eigenvalue weighted by molar-refractivity contribution is 5.97. The predicted octanol–water partition coefficient (Wildman–Crippen LogP) is 3.39. The zero-order valence-electron chi connectivity index (χ0n) is 13.6. The molecule has 0 spiro atoms. The lowest BCUT2D eigenvalue weighted by molar-refractivity contribution is -0.125. The molecule has 1 aliphatic heterocycles. The molecule has 120 valence electrons. The molecule has 5 heteroatoms. The summed E-state index contributed by atoms with van der Waals surface area (Å²) in [5.41, 5.74) is 1.28. The second-order valence-electron chi connectivity index (χ2n) is 6.54. The van der Waals surface area contributed by atoms with Crippen molar-refractivity contribution in [1.29, 1.82) is 0 Å². The first-order chi connectivity index (χ1) is 10.9. The van der Waals surface area contributed by atoms with Crippen molar-refractivity contribution in [2.45, 2.75) is 27.3 Å². The van der Waals surface area contributed by atoms with E-state index in [1.165, 1.54) is 0 Å². The van der Waals surface area contributed by atoms with Crippen LogP contribution in [0.15, 0.2) is 42.7 Å². The summed E-state index contributed by atoms with van der Waals surface area (Å²) in [5.74, 6) is 1.42. The van der Waals surface area contributed by atoms with Gasteiger partial charge in [-0.1, -0.05) is 26.8 Å². The minimum atomic E-state index is -0.488. The maximum Gasteiger partial charge on any atom is 0.232 e. The smallest absolute Gasteiger partial charge is 0.232 e. The average molecular weight is 312 g/mol. The van der Waals surface area contributed by atoms with Crippen LogP contribution in [0.3, 0.4) is 0 Å². The van der Waals surface area contributed by atoms with Gasteiger partial charge in [0.25, 0.3) is 0 Å². The van der Waals surface area contributed by atoms with Gasteiger partial charge >= 0.3 is 0 Å². The van der Waals surface area contributed by atoms with Gasteiger partial charge in [0.05, 0.1) is 6.54 Å². The summed E-state index contributed by atoms with van der Waals surface area (Å²) in [6.07, 6.45) is 3.50. The Morgan fingerprint density at radius 1 is 1.22 bits per heavy atom. The lowest BCUT2D eigenvalue weighted by Gasteiger charge is -2.29. The van der Waals surface area contributed by atoms with Crippen molar-refractivity contribution in [2.24, 2.45) is 5.41 Å². The Morgan fingerprint density at radius 2 is 2.00 bits per heavy atom. The minimum absolute atomic E-state index is 0.0419. The van der Waals surface area contributed by atoms with Crippen molar-refractivity contribution < 1.29 is 14.3 Å². The molecular formula is C18H20N2O3. The standard InChI is InChI=1S/C18H20N2O3/c1-18(2,3)17(21)20(11-13-5-4-8-19-10-13)14-6-7-15-16(9-14)23-12-22-15/h4-10H,11-12H2,1-3H3. The monoisotopic (exact) mass is 312 g/mol. The molecule has 1 aromatic carbocycles. The van der Waals surface area contributed by atoms with E-state index in [0.29, 0.717) is 18.0 Å². The van der Waals surface area contributed by atoms with Crippen LogP contribution in [0, 0.1) is 5.41 Å². The Labute approximate surface area is 135 Å². The number of nitrogens with zero attached hydrogens (tertiary/aromatic N) is 2. The van der Waals surface area contributed by atoms with Crippen LogP contribution in [-0.4, -0.2) is 17.7 Å². The molecule has 3 rings (SSSR count). The number of rotatable bonds is 3. The van der Waals surface area contributed by atoms with Gasteiger partial charge in [0.2, 0.25) is 12.7 Å². The van der Waals surface area contributed by atoms with Crippen molar-refractivity contribution >= 4 is 11.6 Å². The molecule has 1 aromatic heterocycles. The second-order valence-corrected chi connectivity index (χ2v) is 6.54.